The van der Waals surface area contributed by atoms with Gasteiger partial charge in [-0.15, -0.1) is 0 Å². The lowest BCUT2D eigenvalue weighted by Gasteiger charge is -1.98. The van der Waals surface area contributed by atoms with Crippen LogP contribution in [0, 0.1) is 0 Å². The van der Waals surface area contributed by atoms with Gasteiger partial charge >= 0.3 is 5.97 Å². The number of ether oxygens (including phenoxy) is 2. The molecule has 0 spiro atoms. The first-order valence-corrected chi connectivity index (χ1v) is 2.65. The van der Waals surface area contributed by atoms with E-state index < -0.39 is 5.97 Å². The van der Waals surface area contributed by atoms with Crippen molar-refractivity contribution >= 4 is 12.4 Å². The summed E-state index contributed by atoms with van der Waals surface area (Å²) in [6, 6.07) is 0. The van der Waals surface area contributed by atoms with Crippen LogP contribution in [0.15, 0.2) is 12.7 Å². The number of esters is 1. The topological polar surface area (TPSA) is 52.6 Å². The van der Waals surface area contributed by atoms with E-state index in [9.17, 15) is 9.59 Å². The fourth-order valence-corrected chi connectivity index (χ4v) is 0.297. The molecule has 0 bridgehead atoms. The summed E-state index contributed by atoms with van der Waals surface area (Å²) >= 11 is 0. The number of hydrogen-bond acceptors (Lipinski definition) is 4. The first-order chi connectivity index (χ1) is 4.81. The summed E-state index contributed by atoms with van der Waals surface area (Å²) in [6.45, 7) is 3.63. The third-order valence-corrected chi connectivity index (χ3v) is 0.680. The molecule has 0 aliphatic rings. The minimum Gasteiger partial charge on any atom is -0.464 e. The Hall–Kier alpha value is -1.32. The molecule has 0 fully saturated rings. The van der Waals surface area contributed by atoms with Crippen LogP contribution in [-0.4, -0.2) is 25.7 Å². The molecule has 0 atom stereocenters. The van der Waals surface area contributed by atoms with Gasteiger partial charge in [-0.05, 0) is 0 Å². The van der Waals surface area contributed by atoms with Gasteiger partial charge in [0.25, 0.3) is 6.47 Å². The molecule has 0 saturated carbocycles. The minimum absolute atomic E-state index is 0.0730. The fraction of sp³-hybridized carbons (Fsp3) is 0.333. The monoisotopic (exact) mass is 144 g/mol. The van der Waals surface area contributed by atoms with Crippen molar-refractivity contribution in [3.05, 3.63) is 12.7 Å². The number of carbonyl (C=O) groups excluding carboxylic acids is 2. The van der Waals surface area contributed by atoms with Crippen molar-refractivity contribution in [1.82, 2.24) is 0 Å². The van der Waals surface area contributed by atoms with Gasteiger partial charge in [0.2, 0.25) is 0 Å². The van der Waals surface area contributed by atoms with Crippen molar-refractivity contribution in [2.24, 2.45) is 0 Å². The Morgan fingerprint density at radius 3 is 2.70 bits per heavy atom. The van der Waals surface area contributed by atoms with Crippen LogP contribution < -0.4 is 0 Å². The molecule has 4 heteroatoms. The van der Waals surface area contributed by atoms with Crippen molar-refractivity contribution in [3.63, 3.8) is 0 Å². The Kier molecular flexibility index (Phi) is 5.04. The van der Waals surface area contributed by atoms with Crippen molar-refractivity contribution in [3.8, 4) is 0 Å². The zero-order valence-corrected chi connectivity index (χ0v) is 5.41. The normalized spacial score (nSPS) is 8.00. The van der Waals surface area contributed by atoms with E-state index in [0.29, 0.717) is 6.47 Å². The second-order valence-corrected chi connectivity index (χ2v) is 1.34. The summed E-state index contributed by atoms with van der Waals surface area (Å²) in [5.74, 6) is -0.519. The highest BCUT2D eigenvalue weighted by Crippen LogP contribution is 1.78. The molecule has 0 amide bonds. The summed E-state index contributed by atoms with van der Waals surface area (Å²) in [4.78, 5) is 19.8. The zero-order valence-electron chi connectivity index (χ0n) is 5.41. The largest absolute Gasteiger partial charge is 0.464 e. The molecule has 10 heavy (non-hydrogen) atoms. The molecule has 0 aromatic rings. The first-order valence-electron chi connectivity index (χ1n) is 2.65. The molecular formula is C6H8O4. The summed E-state index contributed by atoms with van der Waals surface area (Å²) < 4.78 is 8.69. The van der Waals surface area contributed by atoms with Gasteiger partial charge in [0.1, 0.15) is 13.2 Å². The Bertz CT molecular complexity index is 130. The summed E-state index contributed by atoms with van der Waals surface area (Å²) in [6.07, 6.45) is 1.04. The Balaban J connectivity index is 3.11. The summed E-state index contributed by atoms with van der Waals surface area (Å²) in [7, 11) is 0. The molecule has 0 radical (unpaired) electrons. The van der Waals surface area contributed by atoms with E-state index >= 15 is 0 Å². The highest BCUT2D eigenvalue weighted by atomic mass is 16.6. The molecule has 0 aromatic heterocycles. The maximum atomic E-state index is 10.3. The average molecular weight is 144 g/mol. The van der Waals surface area contributed by atoms with Gasteiger partial charge in [0, 0.05) is 6.08 Å². The SMILES string of the molecule is C=CC(=O)OCCOC=O. The lowest BCUT2D eigenvalue weighted by Crippen LogP contribution is -2.07. The lowest BCUT2D eigenvalue weighted by atomic mass is 10.6. The van der Waals surface area contributed by atoms with E-state index in [1.54, 1.807) is 0 Å². The van der Waals surface area contributed by atoms with E-state index in [-0.39, 0.29) is 13.2 Å². The van der Waals surface area contributed by atoms with Crippen LogP contribution in [0.1, 0.15) is 0 Å². The number of hydrogen-bond donors (Lipinski definition) is 0. The van der Waals surface area contributed by atoms with Crippen molar-refractivity contribution in [2.45, 2.75) is 0 Å². The quantitative estimate of drug-likeness (QED) is 0.234. The van der Waals surface area contributed by atoms with Crippen LogP contribution >= 0.6 is 0 Å². The van der Waals surface area contributed by atoms with E-state index in [2.05, 4.69) is 16.1 Å². The molecule has 0 rings (SSSR count). The van der Waals surface area contributed by atoms with Crippen LogP contribution in [0.5, 0.6) is 0 Å². The molecule has 0 heterocycles. The molecule has 0 aliphatic heterocycles. The molecular weight excluding hydrogens is 136 g/mol. The van der Waals surface area contributed by atoms with Gasteiger partial charge in [-0.1, -0.05) is 6.58 Å². The molecule has 0 unspecified atom stereocenters. The van der Waals surface area contributed by atoms with Gasteiger partial charge in [-0.2, -0.15) is 0 Å². The lowest BCUT2D eigenvalue weighted by molar-refractivity contribution is -0.142. The maximum absolute atomic E-state index is 10.3. The molecule has 0 aromatic carbocycles. The van der Waals surface area contributed by atoms with Gasteiger partial charge in [0.15, 0.2) is 0 Å². The van der Waals surface area contributed by atoms with Crippen LogP contribution in [0.4, 0.5) is 0 Å². The number of rotatable bonds is 5. The summed E-state index contributed by atoms with van der Waals surface area (Å²) in [5.41, 5.74) is 0. The Morgan fingerprint density at radius 2 is 2.20 bits per heavy atom. The molecule has 4 nitrogen and oxygen atoms in total. The van der Waals surface area contributed by atoms with E-state index in [4.69, 9.17) is 0 Å². The second-order valence-electron chi connectivity index (χ2n) is 1.34. The molecule has 0 aliphatic carbocycles. The van der Waals surface area contributed by atoms with Crippen LogP contribution in [0.25, 0.3) is 0 Å². The minimum atomic E-state index is -0.519. The maximum Gasteiger partial charge on any atom is 0.330 e. The third kappa shape index (κ3) is 4.83. The van der Waals surface area contributed by atoms with Gasteiger partial charge < -0.3 is 9.47 Å². The third-order valence-electron chi connectivity index (χ3n) is 0.680. The first kappa shape index (κ1) is 8.68. The predicted octanol–water partition coefficient (Wildman–Crippen LogP) is -0.111. The Labute approximate surface area is 58.4 Å². The molecule has 0 N–H and O–H groups in total. The van der Waals surface area contributed by atoms with Crippen molar-refractivity contribution in [2.75, 3.05) is 13.2 Å². The smallest absolute Gasteiger partial charge is 0.330 e. The van der Waals surface area contributed by atoms with Gasteiger partial charge in [0.05, 0.1) is 0 Å². The second kappa shape index (κ2) is 5.81. The zero-order chi connectivity index (χ0) is 7.82. The van der Waals surface area contributed by atoms with Crippen molar-refractivity contribution < 1.29 is 19.1 Å². The van der Waals surface area contributed by atoms with E-state index in [1.165, 1.54) is 0 Å². The highest BCUT2D eigenvalue weighted by Gasteiger charge is 1.92. The van der Waals surface area contributed by atoms with E-state index in [1.807, 2.05) is 0 Å². The Morgan fingerprint density at radius 1 is 1.50 bits per heavy atom. The fourth-order valence-electron chi connectivity index (χ4n) is 0.297. The summed E-state index contributed by atoms with van der Waals surface area (Å²) in [5, 5.41) is 0. The van der Waals surface area contributed by atoms with Gasteiger partial charge in [-0.3, -0.25) is 4.79 Å². The van der Waals surface area contributed by atoms with Gasteiger partial charge in [-0.25, -0.2) is 4.79 Å². The van der Waals surface area contributed by atoms with Crippen molar-refractivity contribution in [1.29, 1.82) is 0 Å². The van der Waals surface area contributed by atoms with Crippen LogP contribution in [-0.2, 0) is 19.1 Å². The van der Waals surface area contributed by atoms with Crippen LogP contribution in [0.2, 0.25) is 0 Å². The predicted molar refractivity (Wildman–Crippen MR) is 33.2 cm³/mol. The average Bonchev–Trinajstić information content (AvgIpc) is 1.98. The highest BCUT2D eigenvalue weighted by molar-refractivity contribution is 5.81. The number of carbonyl (C=O) groups is 2. The van der Waals surface area contributed by atoms with E-state index in [0.717, 1.165) is 6.08 Å². The standard InChI is InChI=1S/C6H8O4/c1-2-6(8)10-4-3-9-5-7/h2,5H,1,3-4H2. The molecule has 56 valence electrons. The van der Waals surface area contributed by atoms with Crippen LogP contribution in [0.3, 0.4) is 0 Å². The molecule has 0 saturated heterocycles.